The fraction of sp³-hybridized carbons (Fsp3) is 0.600. The molecule has 0 saturated carbocycles. The summed E-state index contributed by atoms with van der Waals surface area (Å²) in [7, 11) is 0. The molecule has 1 aromatic rings. The van der Waals surface area contributed by atoms with Crippen LogP contribution in [-0.2, 0) is 5.75 Å². The van der Waals surface area contributed by atoms with Crippen molar-refractivity contribution >= 4 is 24.4 Å². The maximum absolute atomic E-state index is 4.53. The van der Waals surface area contributed by atoms with E-state index >= 15 is 0 Å². The molecule has 0 aromatic heterocycles. The maximum atomic E-state index is 4.53. The molecule has 0 amide bonds. The Balaban J connectivity index is 2.49. The summed E-state index contributed by atoms with van der Waals surface area (Å²) in [5, 5.41) is 0. The summed E-state index contributed by atoms with van der Waals surface area (Å²) in [5.41, 5.74) is 3.30. The second-order valence-corrected chi connectivity index (χ2v) is 6.09. The van der Waals surface area contributed by atoms with Gasteiger partial charge in [-0.3, -0.25) is 0 Å². The van der Waals surface area contributed by atoms with Gasteiger partial charge in [0, 0.05) is 11.5 Å². The molecule has 1 rings (SSSR count). The van der Waals surface area contributed by atoms with E-state index in [-0.39, 0.29) is 0 Å². The minimum atomic E-state index is 0.427. The van der Waals surface area contributed by atoms with Gasteiger partial charge in [-0.25, -0.2) is 0 Å². The summed E-state index contributed by atoms with van der Waals surface area (Å²) in [6, 6.07) is 8.68. The van der Waals surface area contributed by atoms with Crippen molar-refractivity contribution in [3.8, 4) is 0 Å². The lowest BCUT2D eigenvalue weighted by Gasteiger charge is -2.29. The zero-order valence-corrected chi connectivity index (χ0v) is 12.9. The molecule has 0 aliphatic carbocycles. The molecule has 0 fully saturated rings. The second-order valence-electron chi connectivity index (χ2n) is 4.78. The van der Waals surface area contributed by atoms with Crippen LogP contribution in [0.2, 0.25) is 0 Å². The number of hydrogen-bond donors (Lipinski definition) is 1. The van der Waals surface area contributed by atoms with E-state index < -0.39 is 0 Å². The van der Waals surface area contributed by atoms with Crippen molar-refractivity contribution in [2.24, 2.45) is 5.41 Å². The summed E-state index contributed by atoms with van der Waals surface area (Å²) in [6.07, 6.45) is 2.46. The van der Waals surface area contributed by atoms with Crippen LogP contribution in [0.25, 0.3) is 0 Å². The van der Waals surface area contributed by atoms with Crippen LogP contribution < -0.4 is 0 Å². The molecule has 0 spiro atoms. The molecule has 2 heteroatoms. The third kappa shape index (κ3) is 4.26. The third-order valence-electron chi connectivity index (χ3n) is 3.76. The van der Waals surface area contributed by atoms with Crippen LogP contribution in [0.4, 0.5) is 0 Å². The normalized spacial score (nSPS) is 11.8. The molecule has 0 N–H and O–H groups in total. The largest absolute Gasteiger partial charge is 0.179 e. The number of thioether (sulfide) groups is 1. The molecule has 0 atom stereocenters. The van der Waals surface area contributed by atoms with Crippen LogP contribution in [0.1, 0.15) is 37.8 Å². The predicted octanol–water partition coefficient (Wildman–Crippen LogP) is 4.96. The molecule has 17 heavy (non-hydrogen) atoms. The minimum absolute atomic E-state index is 0.427. The van der Waals surface area contributed by atoms with Crippen LogP contribution in [0, 0.1) is 12.3 Å². The van der Waals surface area contributed by atoms with Crippen molar-refractivity contribution in [2.45, 2.75) is 39.4 Å². The van der Waals surface area contributed by atoms with E-state index in [2.05, 4.69) is 69.4 Å². The maximum Gasteiger partial charge on any atom is 0.0187 e. The van der Waals surface area contributed by atoms with Gasteiger partial charge in [-0.15, -0.1) is 0 Å². The van der Waals surface area contributed by atoms with Crippen molar-refractivity contribution in [2.75, 3.05) is 11.5 Å². The van der Waals surface area contributed by atoms with Gasteiger partial charge in [-0.05, 0) is 42.1 Å². The van der Waals surface area contributed by atoms with Gasteiger partial charge in [0.1, 0.15) is 0 Å². The quantitative estimate of drug-likeness (QED) is 0.682. The van der Waals surface area contributed by atoms with Gasteiger partial charge < -0.3 is 0 Å². The highest BCUT2D eigenvalue weighted by molar-refractivity contribution is 7.98. The van der Waals surface area contributed by atoms with Crippen molar-refractivity contribution in [3.05, 3.63) is 35.4 Å². The van der Waals surface area contributed by atoms with Gasteiger partial charge in [-0.1, -0.05) is 38.1 Å². The fourth-order valence-corrected chi connectivity index (χ4v) is 4.17. The molecule has 0 heterocycles. The van der Waals surface area contributed by atoms with Gasteiger partial charge in [0.25, 0.3) is 0 Å². The lowest BCUT2D eigenvalue weighted by molar-refractivity contribution is 0.357. The standard InChI is InChI=1S/C15H24S2/c1-4-15(5-2,11-16)12-17-10-14-9-7-6-8-13(14)3/h6-9,16H,4-5,10-12H2,1-3H3. The van der Waals surface area contributed by atoms with Crippen LogP contribution in [-0.4, -0.2) is 11.5 Å². The molecule has 0 radical (unpaired) electrons. The van der Waals surface area contributed by atoms with Crippen molar-refractivity contribution < 1.29 is 0 Å². The molecule has 0 saturated heterocycles. The number of benzene rings is 1. The zero-order chi connectivity index (χ0) is 12.7. The molecular formula is C15H24S2. The van der Waals surface area contributed by atoms with E-state index in [4.69, 9.17) is 0 Å². The Morgan fingerprint density at radius 2 is 1.82 bits per heavy atom. The van der Waals surface area contributed by atoms with Crippen molar-refractivity contribution in [3.63, 3.8) is 0 Å². The Morgan fingerprint density at radius 1 is 1.18 bits per heavy atom. The number of hydrogen-bond acceptors (Lipinski definition) is 2. The molecule has 0 bridgehead atoms. The highest BCUT2D eigenvalue weighted by Gasteiger charge is 2.24. The molecule has 0 aliphatic heterocycles. The summed E-state index contributed by atoms with van der Waals surface area (Å²) < 4.78 is 0. The lowest BCUT2D eigenvalue weighted by atomic mass is 9.87. The van der Waals surface area contributed by atoms with E-state index in [1.807, 2.05) is 0 Å². The Kier molecular flexibility index (Phi) is 6.50. The lowest BCUT2D eigenvalue weighted by Crippen LogP contribution is -2.24. The molecule has 1 aromatic carbocycles. The summed E-state index contributed by atoms with van der Waals surface area (Å²) >= 11 is 6.58. The fourth-order valence-electron chi connectivity index (χ4n) is 1.87. The highest BCUT2D eigenvalue weighted by Crippen LogP contribution is 2.33. The Morgan fingerprint density at radius 3 is 2.35 bits per heavy atom. The Hall–Kier alpha value is -0.0800. The molecule has 0 nitrogen and oxygen atoms in total. The van der Waals surface area contributed by atoms with Crippen molar-refractivity contribution in [1.82, 2.24) is 0 Å². The summed E-state index contributed by atoms with van der Waals surface area (Å²) in [5.74, 6) is 3.35. The van der Waals surface area contributed by atoms with Crippen LogP contribution >= 0.6 is 24.4 Å². The van der Waals surface area contributed by atoms with Gasteiger partial charge in [0.05, 0.1) is 0 Å². The highest BCUT2D eigenvalue weighted by atomic mass is 32.2. The van der Waals surface area contributed by atoms with Crippen LogP contribution in [0.5, 0.6) is 0 Å². The summed E-state index contributed by atoms with van der Waals surface area (Å²) in [4.78, 5) is 0. The first kappa shape index (κ1) is 15.0. The van der Waals surface area contributed by atoms with Gasteiger partial charge >= 0.3 is 0 Å². The first-order valence-electron chi connectivity index (χ1n) is 6.40. The predicted molar refractivity (Wildman–Crippen MR) is 84.2 cm³/mol. The first-order valence-corrected chi connectivity index (χ1v) is 8.19. The monoisotopic (exact) mass is 268 g/mol. The topological polar surface area (TPSA) is 0 Å². The molecule has 96 valence electrons. The Bertz CT molecular complexity index is 321. The van der Waals surface area contributed by atoms with Gasteiger partial charge in [0.15, 0.2) is 0 Å². The van der Waals surface area contributed by atoms with Crippen LogP contribution in [0.15, 0.2) is 24.3 Å². The molecule has 0 aliphatic rings. The smallest absolute Gasteiger partial charge is 0.0187 e. The van der Waals surface area contributed by atoms with E-state index in [1.165, 1.54) is 29.7 Å². The van der Waals surface area contributed by atoms with E-state index in [0.29, 0.717) is 5.41 Å². The number of aryl methyl sites for hydroxylation is 1. The SMILES string of the molecule is CCC(CC)(CS)CSCc1ccccc1C. The number of thiol groups is 1. The third-order valence-corrected chi connectivity index (χ3v) is 5.76. The van der Waals surface area contributed by atoms with Crippen LogP contribution in [0.3, 0.4) is 0 Å². The second kappa shape index (κ2) is 7.38. The summed E-state index contributed by atoms with van der Waals surface area (Å²) in [6.45, 7) is 6.77. The van der Waals surface area contributed by atoms with E-state index in [1.54, 1.807) is 0 Å². The zero-order valence-electron chi connectivity index (χ0n) is 11.2. The minimum Gasteiger partial charge on any atom is -0.179 e. The van der Waals surface area contributed by atoms with Crippen molar-refractivity contribution in [1.29, 1.82) is 0 Å². The van der Waals surface area contributed by atoms with E-state index in [9.17, 15) is 0 Å². The van der Waals surface area contributed by atoms with E-state index in [0.717, 1.165) is 11.5 Å². The average molecular weight is 268 g/mol. The number of rotatable bonds is 7. The Labute approximate surface area is 116 Å². The average Bonchev–Trinajstić information content (AvgIpc) is 2.37. The van der Waals surface area contributed by atoms with Gasteiger partial charge in [-0.2, -0.15) is 24.4 Å². The molecule has 0 unspecified atom stereocenters. The molecular weight excluding hydrogens is 244 g/mol. The first-order chi connectivity index (χ1) is 8.17. The van der Waals surface area contributed by atoms with Gasteiger partial charge in [0.2, 0.25) is 0 Å².